The third kappa shape index (κ3) is 1.83. The zero-order valence-corrected chi connectivity index (χ0v) is 7.44. The molecule has 0 saturated carbocycles. The Labute approximate surface area is 70.9 Å². The van der Waals surface area contributed by atoms with E-state index in [4.69, 9.17) is 0 Å². The summed E-state index contributed by atoms with van der Waals surface area (Å²) in [5, 5.41) is 0. The van der Waals surface area contributed by atoms with Gasteiger partial charge in [-0.3, -0.25) is 4.39 Å². The Kier molecular flexibility index (Phi) is 2.51. The largest absolute Gasteiger partial charge is 0.303 e. The van der Waals surface area contributed by atoms with E-state index < -0.39 is 21.9 Å². The first-order valence-corrected chi connectivity index (χ1v) is 5.58. The Morgan fingerprint density at radius 3 is 2.33 bits per heavy atom. The van der Waals surface area contributed by atoms with Gasteiger partial charge in [-0.05, 0) is 12.8 Å². The minimum absolute atomic E-state index is 0.0938. The van der Waals surface area contributed by atoms with Crippen LogP contribution in [-0.4, -0.2) is 32.9 Å². The summed E-state index contributed by atoms with van der Waals surface area (Å²) in [4.78, 5) is 10.5. The Hall–Kier alpha value is -0.450. The molecule has 5 heteroatoms. The monoisotopic (exact) mass is 194 g/mol. The smallest absolute Gasteiger partial charge is 0.152 e. The molecule has 1 fully saturated rings. The minimum atomic E-state index is -2.99. The molecule has 0 amide bonds. The van der Waals surface area contributed by atoms with Crippen molar-refractivity contribution < 1.29 is 17.6 Å². The lowest BCUT2D eigenvalue weighted by Crippen LogP contribution is -2.49. The second kappa shape index (κ2) is 3.12. The van der Waals surface area contributed by atoms with Crippen LogP contribution in [0.1, 0.15) is 12.8 Å². The van der Waals surface area contributed by atoms with Crippen LogP contribution < -0.4 is 0 Å². The van der Waals surface area contributed by atoms with Crippen molar-refractivity contribution in [3.63, 3.8) is 0 Å². The first kappa shape index (κ1) is 9.64. The van der Waals surface area contributed by atoms with Crippen LogP contribution in [0, 0.1) is 5.41 Å². The van der Waals surface area contributed by atoms with Crippen molar-refractivity contribution in [1.82, 2.24) is 0 Å². The summed E-state index contributed by atoms with van der Waals surface area (Å²) < 4.78 is 33.3. The van der Waals surface area contributed by atoms with Crippen molar-refractivity contribution in [2.24, 2.45) is 5.41 Å². The molecule has 1 aliphatic heterocycles. The molecule has 3 nitrogen and oxygen atoms in total. The normalized spacial score (nSPS) is 24.4. The Balaban J connectivity index is 2.53. The van der Waals surface area contributed by atoms with Gasteiger partial charge in [-0.25, -0.2) is 8.42 Å². The average Bonchev–Trinajstić information content (AvgIpc) is 1.96. The topological polar surface area (TPSA) is 51.2 Å². The highest BCUT2D eigenvalue weighted by molar-refractivity contribution is 7.93. The first-order chi connectivity index (χ1) is 5.54. The van der Waals surface area contributed by atoms with E-state index in [0.29, 0.717) is 12.7 Å². The molecule has 1 rings (SSSR count). The second-order valence-electron chi connectivity index (χ2n) is 3.31. The maximum absolute atomic E-state index is 11.7. The van der Waals surface area contributed by atoms with Crippen molar-refractivity contribution in [3.8, 4) is 0 Å². The summed E-state index contributed by atoms with van der Waals surface area (Å²) in [5.74, 6) is -0.188. The summed E-state index contributed by atoms with van der Waals surface area (Å²) in [5.41, 5.74) is -0.759. The number of hydrogen-bond acceptors (Lipinski definition) is 3. The number of hydrogen-bond donors (Lipinski definition) is 0. The number of sulfone groups is 1. The van der Waals surface area contributed by atoms with Crippen molar-refractivity contribution >= 4 is 16.1 Å². The molecule has 1 saturated heterocycles. The quantitative estimate of drug-likeness (QED) is 0.607. The molecule has 70 valence electrons. The van der Waals surface area contributed by atoms with Crippen molar-refractivity contribution in [2.75, 3.05) is 18.2 Å². The number of carbonyl (C=O) groups excluding carboxylic acids is 1. The number of rotatable bonds is 4. The summed E-state index contributed by atoms with van der Waals surface area (Å²) in [6.07, 6.45) is 1.28. The first-order valence-electron chi connectivity index (χ1n) is 3.76. The van der Waals surface area contributed by atoms with Crippen molar-refractivity contribution in [1.29, 1.82) is 0 Å². The van der Waals surface area contributed by atoms with Crippen LogP contribution in [0.2, 0.25) is 0 Å². The highest BCUT2D eigenvalue weighted by Gasteiger charge is 2.47. The van der Waals surface area contributed by atoms with Crippen LogP contribution in [0.15, 0.2) is 0 Å². The lowest BCUT2D eigenvalue weighted by Gasteiger charge is -2.35. The average molecular weight is 194 g/mol. The van der Waals surface area contributed by atoms with Gasteiger partial charge in [0.05, 0.1) is 23.6 Å². The van der Waals surface area contributed by atoms with Crippen LogP contribution in [0.5, 0.6) is 0 Å². The van der Waals surface area contributed by atoms with Crippen LogP contribution in [0.4, 0.5) is 4.39 Å². The van der Waals surface area contributed by atoms with Gasteiger partial charge in [0, 0.05) is 0 Å². The van der Waals surface area contributed by atoms with Gasteiger partial charge in [-0.1, -0.05) is 0 Å². The molecule has 0 aliphatic carbocycles. The zero-order chi connectivity index (χ0) is 9.24. The van der Waals surface area contributed by atoms with Gasteiger partial charge in [0.15, 0.2) is 9.84 Å². The fourth-order valence-corrected chi connectivity index (χ4v) is 3.62. The maximum atomic E-state index is 11.7. The SMILES string of the molecule is O=CC1(CCCF)CS(=O)(=O)C1. The maximum Gasteiger partial charge on any atom is 0.152 e. The number of carbonyl (C=O) groups is 1. The van der Waals surface area contributed by atoms with Crippen LogP contribution in [-0.2, 0) is 14.6 Å². The van der Waals surface area contributed by atoms with Gasteiger partial charge >= 0.3 is 0 Å². The second-order valence-corrected chi connectivity index (χ2v) is 5.37. The predicted octanol–water partition coefficient (Wildman–Crippen LogP) is 0.350. The third-order valence-electron chi connectivity index (χ3n) is 2.07. The Bertz CT molecular complexity index is 258. The van der Waals surface area contributed by atoms with Crippen LogP contribution in [0.25, 0.3) is 0 Å². The van der Waals surface area contributed by atoms with Gasteiger partial charge < -0.3 is 4.79 Å². The Morgan fingerprint density at radius 2 is 2.00 bits per heavy atom. The van der Waals surface area contributed by atoms with Crippen LogP contribution >= 0.6 is 0 Å². The van der Waals surface area contributed by atoms with E-state index in [1.54, 1.807) is 0 Å². The standard InChI is InChI=1S/C7H11FO3S/c8-3-1-2-7(4-9)5-12(10,11)6-7/h4H,1-3,5-6H2. The summed E-state index contributed by atoms with van der Waals surface area (Å²) in [6.45, 7) is -0.490. The molecule has 1 aliphatic rings. The fraction of sp³-hybridized carbons (Fsp3) is 0.857. The third-order valence-corrected chi connectivity index (χ3v) is 4.10. The molecular formula is C7H11FO3S. The van der Waals surface area contributed by atoms with E-state index in [0.717, 1.165) is 0 Å². The zero-order valence-electron chi connectivity index (χ0n) is 6.62. The minimum Gasteiger partial charge on any atom is -0.303 e. The molecule has 0 bridgehead atoms. The van der Waals surface area contributed by atoms with E-state index in [1.165, 1.54) is 0 Å². The number of alkyl halides is 1. The molecule has 0 aromatic rings. The van der Waals surface area contributed by atoms with Crippen molar-refractivity contribution in [2.45, 2.75) is 12.8 Å². The Morgan fingerprint density at radius 1 is 1.42 bits per heavy atom. The van der Waals surface area contributed by atoms with E-state index in [9.17, 15) is 17.6 Å². The fourth-order valence-electron chi connectivity index (χ4n) is 1.52. The van der Waals surface area contributed by atoms with Crippen molar-refractivity contribution in [3.05, 3.63) is 0 Å². The molecule has 0 N–H and O–H groups in total. The molecule has 0 unspecified atom stereocenters. The molecule has 12 heavy (non-hydrogen) atoms. The van der Waals surface area contributed by atoms with Gasteiger partial charge in [-0.2, -0.15) is 0 Å². The molecule has 0 aromatic carbocycles. The summed E-state index contributed by atoms with van der Waals surface area (Å²) in [6, 6.07) is 0. The van der Waals surface area contributed by atoms with E-state index in [2.05, 4.69) is 0 Å². The number of halogens is 1. The molecule has 0 spiro atoms. The van der Waals surface area contributed by atoms with Crippen LogP contribution in [0.3, 0.4) is 0 Å². The van der Waals surface area contributed by atoms with E-state index in [1.807, 2.05) is 0 Å². The highest BCUT2D eigenvalue weighted by atomic mass is 32.2. The van der Waals surface area contributed by atoms with Gasteiger partial charge in [0.25, 0.3) is 0 Å². The van der Waals surface area contributed by atoms with E-state index >= 15 is 0 Å². The summed E-state index contributed by atoms with van der Waals surface area (Å²) in [7, 11) is -2.99. The molecule has 1 heterocycles. The van der Waals surface area contributed by atoms with Gasteiger partial charge in [0.1, 0.15) is 6.29 Å². The molecule has 0 atom stereocenters. The summed E-state index contributed by atoms with van der Waals surface area (Å²) >= 11 is 0. The molecule has 0 aromatic heterocycles. The predicted molar refractivity (Wildman–Crippen MR) is 42.4 cm³/mol. The van der Waals surface area contributed by atoms with Gasteiger partial charge in [0.2, 0.25) is 0 Å². The van der Waals surface area contributed by atoms with E-state index in [-0.39, 0.29) is 17.9 Å². The molecular weight excluding hydrogens is 183 g/mol. The highest BCUT2D eigenvalue weighted by Crippen LogP contribution is 2.35. The lowest BCUT2D eigenvalue weighted by atomic mass is 9.88. The number of aldehydes is 1. The lowest BCUT2D eigenvalue weighted by molar-refractivity contribution is -0.115. The van der Waals surface area contributed by atoms with Gasteiger partial charge in [-0.15, -0.1) is 0 Å². The molecule has 0 radical (unpaired) electrons.